The Labute approximate surface area is 70.8 Å². The Kier molecular flexibility index (Phi) is 7.72. The minimum Gasteiger partial charge on any atom is -0.179 e. The summed E-state index contributed by atoms with van der Waals surface area (Å²) in [6.45, 7) is 4.54. The highest BCUT2D eigenvalue weighted by molar-refractivity contribution is 7.80. The quantitative estimate of drug-likeness (QED) is 0.565. The Bertz CT molecular complexity index is 61.7. The molecule has 0 rings (SSSR count). The van der Waals surface area contributed by atoms with Gasteiger partial charge in [0.25, 0.3) is 0 Å². The van der Waals surface area contributed by atoms with Crippen molar-refractivity contribution in [2.75, 3.05) is 5.75 Å². The van der Waals surface area contributed by atoms with Crippen molar-refractivity contribution >= 4 is 12.6 Å². The van der Waals surface area contributed by atoms with E-state index in [2.05, 4.69) is 26.5 Å². The van der Waals surface area contributed by atoms with E-state index in [0.29, 0.717) is 0 Å². The Morgan fingerprint density at radius 1 is 1.20 bits per heavy atom. The van der Waals surface area contributed by atoms with E-state index in [1.807, 2.05) is 0 Å². The van der Waals surface area contributed by atoms with Gasteiger partial charge in [0, 0.05) is 0 Å². The van der Waals surface area contributed by atoms with Crippen LogP contribution in [0.1, 0.15) is 46.0 Å². The van der Waals surface area contributed by atoms with Crippen LogP contribution in [0.3, 0.4) is 0 Å². The third-order valence-electron chi connectivity index (χ3n) is 2.08. The Morgan fingerprint density at radius 2 is 1.90 bits per heavy atom. The molecule has 62 valence electrons. The molecular weight excluding hydrogens is 140 g/mol. The van der Waals surface area contributed by atoms with Gasteiger partial charge in [0.1, 0.15) is 0 Å². The van der Waals surface area contributed by atoms with Crippen LogP contribution in [0.25, 0.3) is 0 Å². The first-order valence-electron chi connectivity index (χ1n) is 4.46. The largest absolute Gasteiger partial charge is 0.179 e. The number of rotatable bonds is 6. The minimum absolute atomic E-state index is 0.942. The summed E-state index contributed by atoms with van der Waals surface area (Å²) in [5.74, 6) is 2.00. The molecule has 0 radical (unpaired) electrons. The molecule has 0 heterocycles. The van der Waals surface area contributed by atoms with Crippen molar-refractivity contribution in [3.8, 4) is 0 Å². The molecule has 1 unspecified atom stereocenters. The molecule has 0 fully saturated rings. The molecule has 0 saturated carbocycles. The molecule has 0 saturated heterocycles. The van der Waals surface area contributed by atoms with E-state index in [-0.39, 0.29) is 0 Å². The highest BCUT2D eigenvalue weighted by Gasteiger charge is 2.02. The van der Waals surface area contributed by atoms with Gasteiger partial charge in [-0.3, -0.25) is 0 Å². The molecule has 0 bridgehead atoms. The zero-order chi connectivity index (χ0) is 7.82. The monoisotopic (exact) mass is 160 g/mol. The molecule has 1 heteroatoms. The fraction of sp³-hybridized carbons (Fsp3) is 1.00. The molecule has 10 heavy (non-hydrogen) atoms. The lowest BCUT2D eigenvalue weighted by Gasteiger charge is -2.11. The van der Waals surface area contributed by atoms with Crippen molar-refractivity contribution < 1.29 is 0 Å². The molecule has 0 aromatic rings. The molecule has 0 aromatic heterocycles. The number of thiol groups is 1. The summed E-state index contributed by atoms with van der Waals surface area (Å²) in [4.78, 5) is 0. The zero-order valence-electron chi connectivity index (χ0n) is 7.27. The summed E-state index contributed by atoms with van der Waals surface area (Å²) < 4.78 is 0. The highest BCUT2D eigenvalue weighted by atomic mass is 32.1. The average Bonchev–Trinajstić information content (AvgIpc) is 1.98. The van der Waals surface area contributed by atoms with Crippen LogP contribution in [-0.2, 0) is 0 Å². The van der Waals surface area contributed by atoms with Gasteiger partial charge < -0.3 is 0 Å². The lowest BCUT2D eigenvalue weighted by molar-refractivity contribution is 0.442. The number of unbranched alkanes of at least 4 members (excludes halogenated alkanes) is 1. The smallest absolute Gasteiger partial charge is 0.00953 e. The second kappa shape index (κ2) is 7.46. The average molecular weight is 160 g/mol. The van der Waals surface area contributed by atoms with Crippen LogP contribution in [0.15, 0.2) is 0 Å². The third-order valence-corrected chi connectivity index (χ3v) is 2.34. The number of hydrogen-bond donors (Lipinski definition) is 1. The van der Waals surface area contributed by atoms with Crippen molar-refractivity contribution in [1.29, 1.82) is 0 Å². The van der Waals surface area contributed by atoms with Crippen molar-refractivity contribution in [1.82, 2.24) is 0 Å². The van der Waals surface area contributed by atoms with Crippen LogP contribution in [0, 0.1) is 5.92 Å². The van der Waals surface area contributed by atoms with Gasteiger partial charge in [-0.1, -0.05) is 39.5 Å². The van der Waals surface area contributed by atoms with Crippen molar-refractivity contribution in [3.05, 3.63) is 0 Å². The maximum atomic E-state index is 4.24. The first-order valence-corrected chi connectivity index (χ1v) is 5.09. The summed E-state index contributed by atoms with van der Waals surface area (Å²) in [5.41, 5.74) is 0. The van der Waals surface area contributed by atoms with Gasteiger partial charge in [-0.05, 0) is 18.1 Å². The second-order valence-corrected chi connectivity index (χ2v) is 3.38. The molecule has 0 aliphatic heterocycles. The lowest BCUT2D eigenvalue weighted by atomic mass is 9.97. The lowest BCUT2D eigenvalue weighted by Crippen LogP contribution is -1.98. The van der Waals surface area contributed by atoms with Crippen molar-refractivity contribution in [3.63, 3.8) is 0 Å². The molecule has 0 spiro atoms. The summed E-state index contributed by atoms with van der Waals surface area (Å²) in [6.07, 6.45) is 6.78. The maximum Gasteiger partial charge on any atom is -0.00953 e. The van der Waals surface area contributed by atoms with E-state index < -0.39 is 0 Å². The van der Waals surface area contributed by atoms with Gasteiger partial charge in [0.15, 0.2) is 0 Å². The van der Waals surface area contributed by atoms with Crippen LogP contribution in [0.2, 0.25) is 0 Å². The second-order valence-electron chi connectivity index (χ2n) is 2.93. The van der Waals surface area contributed by atoms with Gasteiger partial charge in [0.05, 0.1) is 0 Å². The predicted molar refractivity (Wildman–Crippen MR) is 51.8 cm³/mol. The van der Waals surface area contributed by atoms with Gasteiger partial charge in [-0.15, -0.1) is 0 Å². The Balaban J connectivity index is 3.21. The van der Waals surface area contributed by atoms with Crippen LogP contribution in [0.5, 0.6) is 0 Å². The van der Waals surface area contributed by atoms with Gasteiger partial charge in [-0.2, -0.15) is 12.6 Å². The summed E-state index contributed by atoms with van der Waals surface area (Å²) in [5, 5.41) is 0. The van der Waals surface area contributed by atoms with E-state index in [0.717, 1.165) is 11.7 Å². The Hall–Kier alpha value is 0.350. The molecule has 0 aliphatic carbocycles. The Morgan fingerprint density at radius 3 is 2.30 bits per heavy atom. The maximum absolute atomic E-state index is 4.24. The zero-order valence-corrected chi connectivity index (χ0v) is 8.16. The van der Waals surface area contributed by atoms with Gasteiger partial charge in [0.2, 0.25) is 0 Å². The molecule has 0 nitrogen and oxygen atoms in total. The van der Waals surface area contributed by atoms with Gasteiger partial charge >= 0.3 is 0 Å². The van der Waals surface area contributed by atoms with E-state index in [1.54, 1.807) is 0 Å². The fourth-order valence-electron chi connectivity index (χ4n) is 1.23. The molecular formula is C9H20S. The van der Waals surface area contributed by atoms with Crippen molar-refractivity contribution in [2.45, 2.75) is 46.0 Å². The van der Waals surface area contributed by atoms with Crippen LogP contribution in [0.4, 0.5) is 0 Å². The molecule has 0 aromatic carbocycles. The molecule has 1 atom stereocenters. The van der Waals surface area contributed by atoms with Crippen LogP contribution >= 0.6 is 12.6 Å². The van der Waals surface area contributed by atoms with E-state index in [9.17, 15) is 0 Å². The fourth-order valence-corrected chi connectivity index (χ4v) is 1.59. The SMILES string of the molecule is CCCCC(CC)CCS. The predicted octanol–water partition coefficient (Wildman–Crippen LogP) is 3.52. The minimum atomic E-state index is 0.942. The van der Waals surface area contributed by atoms with E-state index in [4.69, 9.17) is 0 Å². The first kappa shape index (κ1) is 10.3. The molecule has 0 N–H and O–H groups in total. The summed E-state index contributed by atoms with van der Waals surface area (Å²) in [6, 6.07) is 0. The highest BCUT2D eigenvalue weighted by Crippen LogP contribution is 2.16. The molecule has 0 amide bonds. The van der Waals surface area contributed by atoms with Crippen LogP contribution < -0.4 is 0 Å². The van der Waals surface area contributed by atoms with Gasteiger partial charge in [-0.25, -0.2) is 0 Å². The third kappa shape index (κ3) is 5.16. The molecule has 0 aliphatic rings. The number of hydrogen-bond acceptors (Lipinski definition) is 1. The van der Waals surface area contributed by atoms with E-state index in [1.165, 1.54) is 32.1 Å². The topological polar surface area (TPSA) is 0 Å². The van der Waals surface area contributed by atoms with Crippen LogP contribution in [-0.4, -0.2) is 5.75 Å². The first-order chi connectivity index (χ1) is 4.85. The van der Waals surface area contributed by atoms with Crippen molar-refractivity contribution in [2.24, 2.45) is 5.92 Å². The normalized spacial score (nSPS) is 13.5. The summed E-state index contributed by atoms with van der Waals surface area (Å²) in [7, 11) is 0. The van der Waals surface area contributed by atoms with E-state index >= 15 is 0 Å². The summed E-state index contributed by atoms with van der Waals surface area (Å²) >= 11 is 4.24. The standard InChI is InChI=1S/C9H20S/c1-3-5-6-9(4-2)7-8-10/h9-10H,3-8H2,1-2H3.